The van der Waals surface area contributed by atoms with Crippen LogP contribution < -0.4 is 14.8 Å². The van der Waals surface area contributed by atoms with Gasteiger partial charge in [0, 0.05) is 16.1 Å². The lowest BCUT2D eigenvalue weighted by Gasteiger charge is -2.34. The van der Waals surface area contributed by atoms with E-state index in [9.17, 15) is 13.2 Å². The highest BCUT2D eigenvalue weighted by Crippen LogP contribution is 2.38. The molecular formula is C22H25BrN2O4S. The molecule has 2 aromatic rings. The summed E-state index contributed by atoms with van der Waals surface area (Å²) in [6.45, 7) is 0. The fourth-order valence-electron chi connectivity index (χ4n) is 3.65. The summed E-state index contributed by atoms with van der Waals surface area (Å²) >= 11 is 3.45. The summed E-state index contributed by atoms with van der Waals surface area (Å²) in [5.41, 5.74) is 1.35. The molecule has 0 heterocycles. The van der Waals surface area contributed by atoms with Crippen LogP contribution in [0.2, 0.25) is 0 Å². The van der Waals surface area contributed by atoms with Crippen molar-refractivity contribution in [2.75, 3.05) is 7.11 Å². The summed E-state index contributed by atoms with van der Waals surface area (Å²) in [7, 11) is -2.33. The van der Waals surface area contributed by atoms with Crippen molar-refractivity contribution in [3.05, 3.63) is 58.1 Å². The van der Waals surface area contributed by atoms with Gasteiger partial charge < -0.3 is 10.1 Å². The van der Waals surface area contributed by atoms with Crippen LogP contribution in [-0.4, -0.2) is 27.5 Å². The highest BCUT2D eigenvalue weighted by atomic mass is 79.9. The van der Waals surface area contributed by atoms with E-state index in [0.29, 0.717) is 11.5 Å². The van der Waals surface area contributed by atoms with Gasteiger partial charge in [0.15, 0.2) is 0 Å². The van der Waals surface area contributed by atoms with E-state index in [1.54, 1.807) is 6.07 Å². The Bertz CT molecular complexity index is 1030. The van der Waals surface area contributed by atoms with Crippen molar-refractivity contribution >= 4 is 31.9 Å². The van der Waals surface area contributed by atoms with Crippen molar-refractivity contribution in [1.29, 1.82) is 0 Å². The number of carbonyl (C=O) groups is 1. The first-order valence-electron chi connectivity index (χ1n) is 10.1. The predicted octanol–water partition coefficient (Wildman–Crippen LogP) is 4.17. The molecule has 0 aliphatic heterocycles. The number of methoxy groups -OCH3 is 1. The average Bonchev–Trinajstić information content (AvgIpc) is 3.49. The van der Waals surface area contributed by atoms with E-state index in [1.807, 2.05) is 24.3 Å². The third kappa shape index (κ3) is 4.71. The first-order valence-corrected chi connectivity index (χ1v) is 12.4. The third-order valence-corrected chi connectivity index (χ3v) is 7.82. The SMILES string of the molecule is COc1ccc(C(=O)NC(c2ccc(Br)cc2)C2CCC2)cc1S(=O)(=O)NC1CC1. The van der Waals surface area contributed by atoms with Gasteiger partial charge in [-0.1, -0.05) is 34.5 Å². The van der Waals surface area contributed by atoms with E-state index < -0.39 is 10.0 Å². The predicted molar refractivity (Wildman–Crippen MR) is 118 cm³/mol. The number of carbonyl (C=O) groups excluding carboxylic acids is 1. The van der Waals surface area contributed by atoms with E-state index in [0.717, 1.165) is 42.1 Å². The smallest absolute Gasteiger partial charge is 0.251 e. The number of nitrogens with one attached hydrogen (secondary N) is 2. The molecule has 2 aliphatic rings. The topological polar surface area (TPSA) is 84.5 Å². The Kier molecular flexibility index (Phi) is 6.18. The van der Waals surface area contributed by atoms with Gasteiger partial charge in [0.2, 0.25) is 10.0 Å². The maximum absolute atomic E-state index is 13.1. The number of halogens is 1. The zero-order chi connectivity index (χ0) is 21.3. The zero-order valence-corrected chi connectivity index (χ0v) is 19.1. The van der Waals surface area contributed by atoms with Crippen LogP contribution in [-0.2, 0) is 10.0 Å². The van der Waals surface area contributed by atoms with Gasteiger partial charge in [0.25, 0.3) is 5.91 Å². The molecule has 1 unspecified atom stereocenters. The summed E-state index contributed by atoms with van der Waals surface area (Å²) in [5, 5.41) is 3.13. The molecule has 2 saturated carbocycles. The second kappa shape index (κ2) is 8.69. The Morgan fingerprint density at radius 3 is 2.37 bits per heavy atom. The van der Waals surface area contributed by atoms with Crippen LogP contribution in [0.3, 0.4) is 0 Å². The lowest BCUT2D eigenvalue weighted by molar-refractivity contribution is 0.0900. The largest absolute Gasteiger partial charge is 0.495 e. The standard InChI is InChI=1S/C22H25BrN2O4S/c1-29-19-12-7-16(13-20(19)30(27,28)25-18-10-11-18)22(26)24-21(14-3-2-4-14)15-5-8-17(23)9-6-15/h5-9,12-14,18,21,25H,2-4,10-11H2,1H3,(H,24,26). The first kappa shape index (κ1) is 21.3. The molecule has 2 fully saturated rings. The molecule has 2 N–H and O–H groups in total. The van der Waals surface area contributed by atoms with E-state index >= 15 is 0 Å². The van der Waals surface area contributed by atoms with Gasteiger partial charge in [-0.15, -0.1) is 0 Å². The van der Waals surface area contributed by atoms with Crippen molar-refractivity contribution < 1.29 is 17.9 Å². The molecule has 2 aliphatic carbocycles. The Morgan fingerprint density at radius 1 is 1.10 bits per heavy atom. The average molecular weight is 493 g/mol. The molecule has 1 amide bonds. The summed E-state index contributed by atoms with van der Waals surface area (Å²) < 4.78 is 34.4. The quantitative estimate of drug-likeness (QED) is 0.578. The lowest BCUT2D eigenvalue weighted by Crippen LogP contribution is -2.36. The van der Waals surface area contributed by atoms with E-state index in [4.69, 9.17) is 4.74 Å². The van der Waals surface area contributed by atoms with Gasteiger partial charge in [-0.05, 0) is 67.5 Å². The highest BCUT2D eigenvalue weighted by molar-refractivity contribution is 9.10. The van der Waals surface area contributed by atoms with Crippen LogP contribution >= 0.6 is 15.9 Å². The van der Waals surface area contributed by atoms with Crippen LogP contribution in [0, 0.1) is 5.92 Å². The maximum atomic E-state index is 13.1. The molecule has 0 aromatic heterocycles. The van der Waals surface area contributed by atoms with Crippen LogP contribution in [0.15, 0.2) is 51.8 Å². The van der Waals surface area contributed by atoms with Crippen LogP contribution in [0.25, 0.3) is 0 Å². The zero-order valence-electron chi connectivity index (χ0n) is 16.7. The lowest BCUT2D eigenvalue weighted by atomic mass is 9.77. The Balaban J connectivity index is 1.60. The molecule has 0 radical (unpaired) electrons. The van der Waals surface area contributed by atoms with Gasteiger partial charge in [-0.3, -0.25) is 4.79 Å². The van der Waals surface area contributed by atoms with Gasteiger partial charge in [-0.25, -0.2) is 13.1 Å². The molecule has 0 bridgehead atoms. The highest BCUT2D eigenvalue weighted by Gasteiger charge is 2.32. The van der Waals surface area contributed by atoms with Crippen molar-refractivity contribution in [2.24, 2.45) is 5.92 Å². The molecule has 8 heteroatoms. The second-order valence-electron chi connectivity index (χ2n) is 7.95. The molecule has 160 valence electrons. The van der Waals surface area contributed by atoms with E-state index in [2.05, 4.69) is 26.0 Å². The van der Waals surface area contributed by atoms with E-state index in [1.165, 1.54) is 19.2 Å². The number of ether oxygens (including phenoxy) is 1. The summed E-state index contributed by atoms with van der Waals surface area (Å²) in [4.78, 5) is 13.1. The Hall–Kier alpha value is -1.90. The van der Waals surface area contributed by atoms with Gasteiger partial charge in [0.1, 0.15) is 10.6 Å². The minimum Gasteiger partial charge on any atom is -0.495 e. The van der Waals surface area contributed by atoms with Gasteiger partial charge in [0.05, 0.1) is 13.2 Å². The van der Waals surface area contributed by atoms with Crippen LogP contribution in [0.1, 0.15) is 54.1 Å². The molecule has 2 aromatic carbocycles. The minimum absolute atomic E-state index is 0.00612. The number of sulfonamides is 1. The normalized spacial score (nSPS) is 17.8. The number of hydrogen-bond donors (Lipinski definition) is 2. The fraction of sp³-hybridized carbons (Fsp3) is 0.409. The molecular weight excluding hydrogens is 468 g/mol. The van der Waals surface area contributed by atoms with Crippen LogP contribution in [0.4, 0.5) is 0 Å². The second-order valence-corrected chi connectivity index (χ2v) is 10.6. The molecule has 0 saturated heterocycles. The Labute approximate surface area is 185 Å². The summed E-state index contributed by atoms with van der Waals surface area (Å²) in [6.07, 6.45) is 4.95. The Morgan fingerprint density at radius 2 is 1.80 bits per heavy atom. The van der Waals surface area contributed by atoms with Crippen molar-refractivity contribution in [3.63, 3.8) is 0 Å². The number of hydrogen-bond acceptors (Lipinski definition) is 4. The summed E-state index contributed by atoms with van der Waals surface area (Å²) in [6, 6.07) is 12.4. The van der Waals surface area contributed by atoms with Crippen molar-refractivity contribution in [1.82, 2.24) is 10.0 Å². The van der Waals surface area contributed by atoms with Crippen LogP contribution in [0.5, 0.6) is 5.75 Å². The van der Waals surface area contributed by atoms with Crippen molar-refractivity contribution in [2.45, 2.75) is 49.1 Å². The summed E-state index contributed by atoms with van der Waals surface area (Å²) in [5.74, 6) is 0.316. The molecule has 0 spiro atoms. The van der Waals surface area contributed by atoms with E-state index in [-0.39, 0.29) is 28.6 Å². The molecule has 6 nitrogen and oxygen atoms in total. The van der Waals surface area contributed by atoms with Gasteiger partial charge >= 0.3 is 0 Å². The number of benzene rings is 2. The van der Waals surface area contributed by atoms with Gasteiger partial charge in [-0.2, -0.15) is 0 Å². The van der Waals surface area contributed by atoms with Crippen molar-refractivity contribution in [3.8, 4) is 5.75 Å². The molecule has 30 heavy (non-hydrogen) atoms. The minimum atomic E-state index is -3.75. The monoisotopic (exact) mass is 492 g/mol. The number of amides is 1. The fourth-order valence-corrected chi connectivity index (χ4v) is 5.42. The maximum Gasteiger partial charge on any atom is 0.251 e. The first-order chi connectivity index (χ1) is 14.4. The molecule has 4 rings (SSSR count). The molecule has 1 atom stereocenters. The third-order valence-electron chi connectivity index (χ3n) is 5.75. The number of rotatable bonds is 8.